The molecule has 1 aromatic rings. The molecule has 1 unspecified atom stereocenters. The van der Waals surface area contributed by atoms with Crippen molar-refractivity contribution in [3.05, 3.63) is 29.8 Å². The molecule has 0 aliphatic rings. The number of ether oxygens (including phenoxy) is 1. The van der Waals surface area contributed by atoms with Gasteiger partial charge in [-0.05, 0) is 26.8 Å². The second kappa shape index (κ2) is 4.64. The molecule has 0 saturated carbocycles. The Labute approximate surface area is 90.3 Å². The topological polar surface area (TPSA) is 49.7 Å². The van der Waals surface area contributed by atoms with Crippen LogP contribution in [-0.2, 0) is 0 Å². The monoisotopic (exact) mass is 210 g/mol. The fourth-order valence-electron chi connectivity index (χ4n) is 1.21. The van der Waals surface area contributed by atoms with Gasteiger partial charge < -0.3 is 14.9 Å². The highest BCUT2D eigenvalue weighted by molar-refractivity contribution is 5.34. The van der Waals surface area contributed by atoms with Crippen molar-refractivity contribution >= 4 is 0 Å². The van der Waals surface area contributed by atoms with Crippen molar-refractivity contribution in [2.75, 3.05) is 6.61 Å². The van der Waals surface area contributed by atoms with Gasteiger partial charge in [0, 0.05) is 5.56 Å². The summed E-state index contributed by atoms with van der Waals surface area (Å²) in [5, 5.41) is 19.0. The van der Waals surface area contributed by atoms with E-state index in [2.05, 4.69) is 0 Å². The van der Waals surface area contributed by atoms with Crippen LogP contribution in [0.3, 0.4) is 0 Å². The molecule has 0 aliphatic carbocycles. The van der Waals surface area contributed by atoms with Gasteiger partial charge in [0.05, 0.1) is 11.7 Å². The average Bonchev–Trinajstić information content (AvgIpc) is 2.14. The van der Waals surface area contributed by atoms with Gasteiger partial charge in [-0.15, -0.1) is 0 Å². The van der Waals surface area contributed by atoms with E-state index in [0.29, 0.717) is 5.75 Å². The third-order valence-corrected chi connectivity index (χ3v) is 1.95. The van der Waals surface area contributed by atoms with E-state index in [0.717, 1.165) is 5.56 Å². The SMILES string of the molecule is CC(O)c1ccccc1OCC(C)(C)O. The molecule has 15 heavy (non-hydrogen) atoms. The second-order valence-corrected chi connectivity index (χ2v) is 4.31. The fraction of sp³-hybridized carbons (Fsp3) is 0.500. The van der Waals surface area contributed by atoms with Gasteiger partial charge in [0.1, 0.15) is 12.4 Å². The van der Waals surface area contributed by atoms with Crippen molar-refractivity contribution < 1.29 is 14.9 Å². The van der Waals surface area contributed by atoms with E-state index in [1.54, 1.807) is 26.8 Å². The van der Waals surface area contributed by atoms with E-state index in [4.69, 9.17) is 4.74 Å². The van der Waals surface area contributed by atoms with Crippen LogP contribution in [-0.4, -0.2) is 22.4 Å². The van der Waals surface area contributed by atoms with Gasteiger partial charge in [0.2, 0.25) is 0 Å². The van der Waals surface area contributed by atoms with E-state index in [9.17, 15) is 10.2 Å². The Morgan fingerprint density at radius 2 is 1.93 bits per heavy atom. The largest absolute Gasteiger partial charge is 0.490 e. The third kappa shape index (κ3) is 3.90. The molecule has 3 heteroatoms. The average molecular weight is 210 g/mol. The molecule has 1 aromatic carbocycles. The lowest BCUT2D eigenvalue weighted by molar-refractivity contribution is 0.0272. The number of hydrogen-bond donors (Lipinski definition) is 2. The summed E-state index contributed by atoms with van der Waals surface area (Å²) in [5.74, 6) is 0.620. The third-order valence-electron chi connectivity index (χ3n) is 1.95. The molecule has 0 amide bonds. The lowest BCUT2D eigenvalue weighted by Crippen LogP contribution is -2.28. The lowest BCUT2D eigenvalue weighted by Gasteiger charge is -2.20. The van der Waals surface area contributed by atoms with Gasteiger partial charge in [-0.1, -0.05) is 18.2 Å². The molecule has 0 spiro atoms. The van der Waals surface area contributed by atoms with Crippen molar-refractivity contribution in [2.24, 2.45) is 0 Å². The van der Waals surface area contributed by atoms with E-state index in [-0.39, 0.29) is 6.61 Å². The molecule has 1 atom stereocenters. The molecule has 0 radical (unpaired) electrons. The highest BCUT2D eigenvalue weighted by Gasteiger charge is 2.15. The predicted molar refractivity (Wildman–Crippen MR) is 58.9 cm³/mol. The molecule has 1 rings (SSSR count). The minimum Gasteiger partial charge on any atom is -0.490 e. The summed E-state index contributed by atoms with van der Waals surface area (Å²) in [7, 11) is 0. The standard InChI is InChI=1S/C12H18O3/c1-9(13)10-6-4-5-7-11(10)15-8-12(2,3)14/h4-7,9,13-14H,8H2,1-3H3. The van der Waals surface area contributed by atoms with Gasteiger partial charge >= 0.3 is 0 Å². The zero-order chi connectivity index (χ0) is 11.5. The summed E-state index contributed by atoms with van der Waals surface area (Å²) in [6.07, 6.45) is -0.567. The number of benzene rings is 1. The second-order valence-electron chi connectivity index (χ2n) is 4.31. The molecule has 0 fully saturated rings. The number of aliphatic hydroxyl groups is 2. The van der Waals surface area contributed by atoms with Crippen molar-refractivity contribution in [1.29, 1.82) is 0 Å². The molecule has 3 nitrogen and oxygen atoms in total. The Kier molecular flexibility index (Phi) is 3.72. The Morgan fingerprint density at radius 3 is 2.47 bits per heavy atom. The van der Waals surface area contributed by atoms with Gasteiger partial charge in [-0.25, -0.2) is 0 Å². The summed E-state index contributed by atoms with van der Waals surface area (Å²) in [6, 6.07) is 7.28. The summed E-state index contributed by atoms with van der Waals surface area (Å²) in [4.78, 5) is 0. The zero-order valence-corrected chi connectivity index (χ0v) is 9.40. The van der Waals surface area contributed by atoms with Crippen LogP contribution in [0.2, 0.25) is 0 Å². The minimum absolute atomic E-state index is 0.205. The molecule has 0 heterocycles. The minimum atomic E-state index is -0.869. The molecular formula is C12H18O3. The van der Waals surface area contributed by atoms with Gasteiger partial charge in [0.25, 0.3) is 0 Å². The van der Waals surface area contributed by atoms with Crippen LogP contribution < -0.4 is 4.74 Å². The van der Waals surface area contributed by atoms with Gasteiger partial charge in [0.15, 0.2) is 0 Å². The Bertz CT molecular complexity index is 313. The Balaban J connectivity index is 2.76. The number of rotatable bonds is 4. The summed E-state index contributed by atoms with van der Waals surface area (Å²) in [6.45, 7) is 5.25. The van der Waals surface area contributed by atoms with Crippen LogP contribution in [0.5, 0.6) is 5.75 Å². The van der Waals surface area contributed by atoms with Gasteiger partial charge in [-0.2, -0.15) is 0 Å². The maximum atomic E-state index is 9.52. The van der Waals surface area contributed by atoms with E-state index < -0.39 is 11.7 Å². The molecule has 0 aromatic heterocycles. The molecule has 0 aliphatic heterocycles. The maximum Gasteiger partial charge on any atom is 0.125 e. The first-order valence-electron chi connectivity index (χ1n) is 5.02. The first kappa shape index (κ1) is 12.0. The first-order chi connectivity index (χ1) is 6.90. The maximum absolute atomic E-state index is 9.52. The van der Waals surface area contributed by atoms with Crippen LogP contribution in [0, 0.1) is 0 Å². The van der Waals surface area contributed by atoms with Crippen molar-refractivity contribution in [1.82, 2.24) is 0 Å². The first-order valence-corrected chi connectivity index (χ1v) is 5.02. The van der Waals surface area contributed by atoms with Crippen LogP contribution in [0.4, 0.5) is 0 Å². The Hall–Kier alpha value is -1.06. The molecular weight excluding hydrogens is 192 g/mol. The number of para-hydroxylation sites is 1. The summed E-state index contributed by atoms with van der Waals surface area (Å²) >= 11 is 0. The van der Waals surface area contributed by atoms with Crippen molar-refractivity contribution in [2.45, 2.75) is 32.5 Å². The zero-order valence-electron chi connectivity index (χ0n) is 9.40. The van der Waals surface area contributed by atoms with Gasteiger partial charge in [-0.3, -0.25) is 0 Å². The highest BCUT2D eigenvalue weighted by atomic mass is 16.5. The van der Waals surface area contributed by atoms with Crippen molar-refractivity contribution in [3.8, 4) is 5.75 Å². The normalized spacial score (nSPS) is 13.7. The van der Waals surface area contributed by atoms with Crippen LogP contribution >= 0.6 is 0 Å². The molecule has 0 saturated heterocycles. The van der Waals surface area contributed by atoms with E-state index in [1.807, 2.05) is 18.2 Å². The molecule has 84 valence electrons. The Morgan fingerprint density at radius 1 is 1.33 bits per heavy atom. The van der Waals surface area contributed by atoms with Crippen LogP contribution in [0.15, 0.2) is 24.3 Å². The fourth-order valence-corrected chi connectivity index (χ4v) is 1.21. The predicted octanol–water partition coefficient (Wildman–Crippen LogP) is 1.89. The quantitative estimate of drug-likeness (QED) is 0.797. The summed E-state index contributed by atoms with van der Waals surface area (Å²) < 4.78 is 5.45. The lowest BCUT2D eigenvalue weighted by atomic mass is 10.1. The molecule has 0 bridgehead atoms. The van der Waals surface area contributed by atoms with E-state index >= 15 is 0 Å². The van der Waals surface area contributed by atoms with Crippen LogP contribution in [0.25, 0.3) is 0 Å². The van der Waals surface area contributed by atoms with Crippen molar-refractivity contribution in [3.63, 3.8) is 0 Å². The summed E-state index contributed by atoms with van der Waals surface area (Å²) in [5.41, 5.74) is -0.132. The van der Waals surface area contributed by atoms with Crippen LogP contribution in [0.1, 0.15) is 32.4 Å². The molecule has 2 N–H and O–H groups in total. The number of hydrogen-bond acceptors (Lipinski definition) is 3. The number of aliphatic hydroxyl groups excluding tert-OH is 1. The van der Waals surface area contributed by atoms with E-state index in [1.165, 1.54) is 0 Å². The highest BCUT2D eigenvalue weighted by Crippen LogP contribution is 2.25. The smallest absolute Gasteiger partial charge is 0.125 e.